The van der Waals surface area contributed by atoms with E-state index in [1.165, 1.54) is 15.2 Å². The van der Waals surface area contributed by atoms with Crippen LogP contribution in [-0.4, -0.2) is 66.7 Å². The Balaban J connectivity index is 1.53. The van der Waals surface area contributed by atoms with Crippen molar-refractivity contribution in [3.8, 4) is 11.4 Å². The molecule has 4 rings (SSSR count). The maximum Gasteiger partial charge on any atom is 0.389 e. The number of alkyl halides is 3. The second kappa shape index (κ2) is 11.0. The Kier molecular flexibility index (Phi) is 8.15. The highest BCUT2D eigenvalue weighted by molar-refractivity contribution is 7.89. The van der Waals surface area contributed by atoms with E-state index in [9.17, 15) is 26.4 Å². The van der Waals surface area contributed by atoms with Gasteiger partial charge in [-0.25, -0.2) is 8.42 Å². The molecule has 1 saturated heterocycles. The molecule has 2 fully saturated rings. The van der Waals surface area contributed by atoms with Crippen molar-refractivity contribution >= 4 is 27.3 Å². The first-order valence-corrected chi connectivity index (χ1v) is 13.9. The summed E-state index contributed by atoms with van der Waals surface area (Å²) >= 11 is 6.09. The Morgan fingerprint density at radius 2 is 1.81 bits per heavy atom. The molecule has 1 aromatic heterocycles. The fourth-order valence-electron chi connectivity index (χ4n) is 4.52. The van der Waals surface area contributed by atoms with E-state index in [2.05, 4.69) is 5.10 Å². The van der Waals surface area contributed by atoms with Gasteiger partial charge in [0.1, 0.15) is 5.69 Å². The van der Waals surface area contributed by atoms with Crippen molar-refractivity contribution < 1.29 is 26.3 Å². The maximum atomic E-state index is 13.5. The van der Waals surface area contributed by atoms with Crippen molar-refractivity contribution in [3.63, 3.8) is 0 Å². The molecule has 1 aliphatic heterocycles. The molecule has 36 heavy (non-hydrogen) atoms. The van der Waals surface area contributed by atoms with Crippen LogP contribution < -0.4 is 15.2 Å². The summed E-state index contributed by atoms with van der Waals surface area (Å²) in [6, 6.07) is 6.74. The zero-order valence-corrected chi connectivity index (χ0v) is 21.2. The molecular weight excluding hydrogens is 521 g/mol. The number of anilines is 1. The van der Waals surface area contributed by atoms with E-state index in [0.717, 1.165) is 25.7 Å². The van der Waals surface area contributed by atoms with Crippen LogP contribution in [-0.2, 0) is 10.0 Å². The van der Waals surface area contributed by atoms with Crippen LogP contribution in [0.4, 0.5) is 18.9 Å². The summed E-state index contributed by atoms with van der Waals surface area (Å²) in [7, 11) is -3.81. The second-order valence-electron chi connectivity index (χ2n) is 9.00. The van der Waals surface area contributed by atoms with E-state index in [0.29, 0.717) is 16.4 Å². The van der Waals surface area contributed by atoms with Gasteiger partial charge in [0.15, 0.2) is 0 Å². The van der Waals surface area contributed by atoms with Crippen LogP contribution in [0.5, 0.6) is 5.75 Å². The Hall–Kier alpha value is -2.31. The highest BCUT2D eigenvalue weighted by Gasteiger charge is 2.32. The van der Waals surface area contributed by atoms with Crippen molar-refractivity contribution in [1.82, 2.24) is 14.1 Å². The predicted molar refractivity (Wildman–Crippen MR) is 131 cm³/mol. The third-order valence-electron chi connectivity index (χ3n) is 6.39. The first-order chi connectivity index (χ1) is 17.0. The number of hydrogen-bond donors (Lipinski definition) is 0. The first-order valence-electron chi connectivity index (χ1n) is 11.9. The minimum Gasteiger partial charge on any atom is -0.483 e. The van der Waals surface area contributed by atoms with Gasteiger partial charge in [-0.15, -0.1) is 0 Å². The molecule has 1 aromatic carbocycles. The summed E-state index contributed by atoms with van der Waals surface area (Å²) in [5, 5.41) is 4.77. The molecule has 0 atom stereocenters. The number of nitrogens with zero attached hydrogens (tertiary/aromatic N) is 4. The molecule has 198 valence electrons. The number of halogens is 4. The average Bonchev–Trinajstić information content (AvgIpc) is 3.33. The summed E-state index contributed by atoms with van der Waals surface area (Å²) in [6.07, 6.45) is -0.870. The number of ether oxygens (including phenoxy) is 1. The lowest BCUT2D eigenvalue weighted by Gasteiger charge is -2.36. The number of hydrogen-bond acceptors (Lipinski definition) is 6. The third-order valence-corrected chi connectivity index (χ3v) is 8.58. The smallest absolute Gasteiger partial charge is 0.389 e. The summed E-state index contributed by atoms with van der Waals surface area (Å²) in [5.74, 6) is -0.405. The van der Waals surface area contributed by atoms with E-state index in [1.807, 2.05) is 4.90 Å². The quantitative estimate of drug-likeness (QED) is 0.496. The molecular formula is C23H28ClF3N4O4S. The van der Waals surface area contributed by atoms with Gasteiger partial charge in [0, 0.05) is 37.6 Å². The fourth-order valence-corrected chi connectivity index (χ4v) is 6.19. The summed E-state index contributed by atoms with van der Waals surface area (Å²) in [6.45, 7) is 0.687. The second-order valence-corrected chi connectivity index (χ2v) is 11.5. The van der Waals surface area contributed by atoms with Crippen LogP contribution in [0.25, 0.3) is 5.69 Å². The van der Waals surface area contributed by atoms with Crippen molar-refractivity contribution in [1.29, 1.82) is 0 Å². The predicted octanol–water partition coefficient (Wildman–Crippen LogP) is 4.00. The van der Waals surface area contributed by atoms with Crippen molar-refractivity contribution in [2.24, 2.45) is 0 Å². The highest BCUT2D eigenvalue weighted by Crippen LogP contribution is 2.31. The lowest BCUT2D eigenvalue weighted by molar-refractivity contribution is -0.134. The molecule has 2 aromatic rings. The molecule has 8 nitrogen and oxygen atoms in total. The molecule has 0 radical (unpaired) electrons. The monoisotopic (exact) mass is 548 g/mol. The van der Waals surface area contributed by atoms with Gasteiger partial charge in [-0.05, 0) is 50.3 Å². The molecule has 1 saturated carbocycles. The maximum absolute atomic E-state index is 13.5. The number of rotatable bonds is 8. The summed E-state index contributed by atoms with van der Waals surface area (Å²) in [5.41, 5.74) is 0.522. The van der Waals surface area contributed by atoms with Crippen LogP contribution in [0.15, 0.2) is 35.3 Å². The average molecular weight is 549 g/mol. The topological polar surface area (TPSA) is 84.7 Å². The van der Waals surface area contributed by atoms with E-state index >= 15 is 0 Å². The van der Waals surface area contributed by atoms with Crippen LogP contribution in [0, 0.1) is 0 Å². The molecule has 1 aliphatic carbocycles. The number of benzene rings is 1. The van der Waals surface area contributed by atoms with Gasteiger partial charge in [0.05, 0.1) is 23.7 Å². The van der Waals surface area contributed by atoms with E-state index in [1.54, 1.807) is 24.3 Å². The first kappa shape index (κ1) is 26.7. The van der Waals surface area contributed by atoms with E-state index in [4.69, 9.17) is 16.3 Å². The molecule has 0 unspecified atom stereocenters. The Bertz CT molecular complexity index is 1220. The van der Waals surface area contributed by atoms with E-state index in [-0.39, 0.29) is 38.0 Å². The molecule has 0 bridgehead atoms. The molecule has 0 N–H and O–H groups in total. The van der Waals surface area contributed by atoms with Crippen LogP contribution >= 0.6 is 11.6 Å². The van der Waals surface area contributed by atoms with Gasteiger partial charge < -0.3 is 9.64 Å². The number of aromatic nitrogens is 2. The molecule has 13 heteroatoms. The lowest BCUT2D eigenvalue weighted by atomic mass is 10.2. The summed E-state index contributed by atoms with van der Waals surface area (Å²) < 4.78 is 70.9. The standard InChI is InChI=1S/C23H28ClF3N4O4S/c24-17-5-3-6-18(15-17)31-22(32)21(35-19-7-1-2-8-19)20(16-28-31)29-10-12-30(13-11-29)36(33,34)14-4-9-23(25,26)27/h3,5-6,15-16,19H,1-2,4,7-14H2. The Labute approximate surface area is 212 Å². The van der Waals surface area contributed by atoms with Crippen molar-refractivity contribution in [3.05, 3.63) is 45.8 Å². The SMILES string of the molecule is O=c1c(OC2CCCC2)c(N2CCN(S(=O)(=O)CCCC(F)(F)F)CC2)cnn1-c1cccc(Cl)c1. The highest BCUT2D eigenvalue weighted by atomic mass is 35.5. The minimum atomic E-state index is -4.39. The van der Waals surface area contributed by atoms with Crippen LogP contribution in [0.1, 0.15) is 38.5 Å². The third kappa shape index (κ3) is 6.51. The zero-order chi connectivity index (χ0) is 25.9. The number of sulfonamides is 1. The minimum absolute atomic E-state index is 0.0919. The van der Waals surface area contributed by atoms with Gasteiger partial charge in [-0.3, -0.25) is 4.79 Å². The van der Waals surface area contributed by atoms with Gasteiger partial charge in [-0.2, -0.15) is 27.3 Å². The molecule has 0 spiro atoms. The van der Waals surface area contributed by atoms with Gasteiger partial charge in [-0.1, -0.05) is 17.7 Å². The Morgan fingerprint density at radius 1 is 1.11 bits per heavy atom. The molecule has 2 aliphatic rings. The normalized spacial score (nSPS) is 18.1. The molecule has 0 amide bonds. The van der Waals surface area contributed by atoms with Crippen molar-refractivity contribution in [2.75, 3.05) is 36.8 Å². The van der Waals surface area contributed by atoms with Crippen LogP contribution in [0.2, 0.25) is 5.02 Å². The largest absolute Gasteiger partial charge is 0.483 e. The number of piperazine rings is 1. The fraction of sp³-hybridized carbons (Fsp3) is 0.565. The van der Waals surface area contributed by atoms with E-state index < -0.39 is 40.4 Å². The van der Waals surface area contributed by atoms with Gasteiger partial charge >= 0.3 is 11.7 Å². The lowest BCUT2D eigenvalue weighted by Crippen LogP contribution is -2.49. The Morgan fingerprint density at radius 3 is 2.44 bits per heavy atom. The van der Waals surface area contributed by atoms with Crippen LogP contribution in [0.3, 0.4) is 0 Å². The summed E-state index contributed by atoms with van der Waals surface area (Å²) in [4.78, 5) is 15.3. The molecule has 2 heterocycles. The van der Waals surface area contributed by atoms with Gasteiger partial charge in [0.2, 0.25) is 15.8 Å². The zero-order valence-electron chi connectivity index (χ0n) is 19.6. The van der Waals surface area contributed by atoms with Crippen molar-refractivity contribution in [2.45, 2.75) is 50.8 Å². The van der Waals surface area contributed by atoms with Gasteiger partial charge in [0.25, 0.3) is 0 Å².